The number of carbonyl (C=O) groups is 2. The van der Waals surface area contributed by atoms with Gasteiger partial charge in [-0.05, 0) is 13.8 Å². The molecule has 4 N–H and O–H groups in total. The quantitative estimate of drug-likeness (QED) is 0.435. The maximum Gasteiger partial charge on any atom is 0.333 e. The van der Waals surface area contributed by atoms with Gasteiger partial charge >= 0.3 is 11.9 Å². The van der Waals surface area contributed by atoms with E-state index in [1.54, 1.807) is 13.8 Å². The van der Waals surface area contributed by atoms with Crippen molar-refractivity contribution in [2.75, 3.05) is 13.2 Å². The molecule has 15 heavy (non-hydrogen) atoms. The first-order chi connectivity index (χ1) is 6.86. The molecule has 0 aliphatic carbocycles. The van der Waals surface area contributed by atoms with Crippen LogP contribution in [0.1, 0.15) is 13.8 Å². The lowest BCUT2D eigenvalue weighted by atomic mass is 10.3. The van der Waals surface area contributed by atoms with Gasteiger partial charge in [-0.3, -0.25) is 4.79 Å². The Morgan fingerprint density at radius 3 is 2.07 bits per heavy atom. The van der Waals surface area contributed by atoms with Gasteiger partial charge in [0.25, 0.3) is 0 Å². The summed E-state index contributed by atoms with van der Waals surface area (Å²) in [6.45, 7) is 6.70. The number of aliphatic hydroxyl groups is 1. The third-order valence-electron chi connectivity index (χ3n) is 1.14. The van der Waals surface area contributed by atoms with Crippen LogP contribution in [0.4, 0.5) is 0 Å². The van der Waals surface area contributed by atoms with Crippen molar-refractivity contribution in [1.29, 1.82) is 0 Å². The molecule has 1 unspecified atom stereocenters. The van der Waals surface area contributed by atoms with Gasteiger partial charge in [0.2, 0.25) is 0 Å². The second kappa shape index (κ2) is 9.17. The fourth-order valence-electron chi connectivity index (χ4n) is 0.332. The van der Waals surface area contributed by atoms with Crippen LogP contribution in [-0.4, -0.2) is 41.4 Å². The number of aliphatic carboxylic acids is 1. The predicted molar refractivity (Wildman–Crippen MR) is 54.1 cm³/mol. The molecule has 0 aromatic carbocycles. The highest BCUT2D eigenvalue weighted by molar-refractivity contribution is 5.86. The number of aliphatic hydroxyl groups excluding tert-OH is 1. The van der Waals surface area contributed by atoms with E-state index in [2.05, 4.69) is 11.3 Å². The molecule has 0 saturated carbocycles. The van der Waals surface area contributed by atoms with E-state index >= 15 is 0 Å². The van der Waals surface area contributed by atoms with Gasteiger partial charge in [0, 0.05) is 5.57 Å². The van der Waals surface area contributed by atoms with Crippen molar-refractivity contribution < 1.29 is 24.5 Å². The summed E-state index contributed by atoms with van der Waals surface area (Å²) >= 11 is 0. The lowest BCUT2D eigenvalue weighted by Crippen LogP contribution is -2.33. The number of nitrogens with two attached hydrogens (primary N) is 1. The molecule has 0 saturated heterocycles. The maximum atomic E-state index is 10.4. The highest BCUT2D eigenvalue weighted by Crippen LogP contribution is 1.89. The molecule has 0 spiro atoms. The Kier molecular flexibility index (Phi) is 9.81. The normalized spacial score (nSPS) is 10.7. The SMILES string of the molecule is C=C(C)C(=O)OCC.NC(CO)C(=O)O. The number of hydrogen-bond donors (Lipinski definition) is 3. The van der Waals surface area contributed by atoms with Crippen LogP contribution >= 0.6 is 0 Å². The van der Waals surface area contributed by atoms with Crippen molar-refractivity contribution in [2.24, 2.45) is 5.73 Å². The highest BCUT2D eigenvalue weighted by atomic mass is 16.5. The molecule has 6 heteroatoms. The molecule has 0 radical (unpaired) electrons. The number of carboxylic acids is 1. The van der Waals surface area contributed by atoms with Gasteiger partial charge < -0.3 is 20.7 Å². The molecule has 0 bridgehead atoms. The number of carboxylic acid groups (broad SMARTS) is 1. The van der Waals surface area contributed by atoms with Crippen LogP contribution in [0, 0.1) is 0 Å². The van der Waals surface area contributed by atoms with Crippen LogP contribution in [0.2, 0.25) is 0 Å². The molecule has 0 fully saturated rings. The van der Waals surface area contributed by atoms with Gasteiger partial charge in [-0.2, -0.15) is 0 Å². The van der Waals surface area contributed by atoms with Gasteiger partial charge in [0.1, 0.15) is 6.04 Å². The summed E-state index contributed by atoms with van der Waals surface area (Å²) in [5, 5.41) is 15.9. The number of rotatable bonds is 4. The third kappa shape index (κ3) is 10.5. The average Bonchev–Trinajstić information content (AvgIpc) is 2.17. The number of carbonyl (C=O) groups excluding carboxylic acids is 1. The molecule has 0 aromatic rings. The van der Waals surface area contributed by atoms with Crippen molar-refractivity contribution in [3.63, 3.8) is 0 Å². The van der Waals surface area contributed by atoms with Crippen molar-refractivity contribution in [2.45, 2.75) is 19.9 Å². The smallest absolute Gasteiger partial charge is 0.333 e. The lowest BCUT2D eigenvalue weighted by molar-refractivity contribution is -0.139. The first kappa shape index (κ1) is 16.0. The summed E-state index contributed by atoms with van der Waals surface area (Å²) in [5.74, 6) is -1.49. The zero-order valence-electron chi connectivity index (χ0n) is 8.90. The second-order valence-corrected chi connectivity index (χ2v) is 2.63. The van der Waals surface area contributed by atoms with E-state index in [1.807, 2.05) is 0 Å². The van der Waals surface area contributed by atoms with Gasteiger partial charge in [0.15, 0.2) is 0 Å². The Morgan fingerprint density at radius 2 is 2.00 bits per heavy atom. The van der Waals surface area contributed by atoms with E-state index in [1.165, 1.54) is 0 Å². The van der Waals surface area contributed by atoms with Crippen LogP contribution in [0.5, 0.6) is 0 Å². The number of esters is 1. The molecule has 6 nitrogen and oxygen atoms in total. The minimum atomic E-state index is -1.18. The average molecular weight is 219 g/mol. The van der Waals surface area contributed by atoms with Crippen molar-refractivity contribution in [3.05, 3.63) is 12.2 Å². The summed E-state index contributed by atoms with van der Waals surface area (Å²) in [6.07, 6.45) is 0. The van der Waals surface area contributed by atoms with Crippen LogP contribution in [0.15, 0.2) is 12.2 Å². The van der Waals surface area contributed by atoms with Crippen LogP contribution in [0.25, 0.3) is 0 Å². The molecular formula is C9H17NO5. The van der Waals surface area contributed by atoms with Crippen LogP contribution in [-0.2, 0) is 14.3 Å². The van der Waals surface area contributed by atoms with Crippen LogP contribution in [0.3, 0.4) is 0 Å². The topological polar surface area (TPSA) is 110 Å². The van der Waals surface area contributed by atoms with Crippen molar-refractivity contribution in [3.8, 4) is 0 Å². The van der Waals surface area contributed by atoms with Crippen molar-refractivity contribution in [1.82, 2.24) is 0 Å². The molecule has 88 valence electrons. The minimum Gasteiger partial charge on any atom is -0.480 e. The zero-order valence-corrected chi connectivity index (χ0v) is 8.90. The fourth-order valence-corrected chi connectivity index (χ4v) is 0.332. The molecule has 0 rings (SSSR count). The van der Waals surface area contributed by atoms with Gasteiger partial charge in [0.05, 0.1) is 13.2 Å². The third-order valence-corrected chi connectivity index (χ3v) is 1.14. The lowest BCUT2D eigenvalue weighted by Gasteiger charge is -1.96. The minimum absolute atomic E-state index is 0.312. The first-order valence-electron chi connectivity index (χ1n) is 4.28. The monoisotopic (exact) mass is 219 g/mol. The Morgan fingerprint density at radius 1 is 1.53 bits per heavy atom. The summed E-state index contributed by atoms with van der Waals surface area (Å²) in [5.41, 5.74) is 5.22. The number of ether oxygens (including phenoxy) is 1. The molecule has 0 aromatic heterocycles. The molecule has 1 atom stereocenters. The molecule has 0 aliphatic heterocycles. The Hall–Kier alpha value is -1.40. The van der Waals surface area contributed by atoms with E-state index in [-0.39, 0.29) is 5.97 Å². The Balaban J connectivity index is 0. The largest absolute Gasteiger partial charge is 0.480 e. The Bertz CT molecular complexity index is 227. The van der Waals surface area contributed by atoms with Gasteiger partial charge in [-0.1, -0.05) is 6.58 Å². The maximum absolute atomic E-state index is 10.4. The van der Waals surface area contributed by atoms with E-state index in [4.69, 9.17) is 15.9 Å². The molecule has 0 aliphatic rings. The summed E-state index contributed by atoms with van der Waals surface area (Å²) in [7, 11) is 0. The molecule has 0 heterocycles. The summed E-state index contributed by atoms with van der Waals surface area (Å²) in [6, 6.07) is -1.13. The van der Waals surface area contributed by atoms with E-state index in [0.717, 1.165) is 0 Å². The molecule has 0 amide bonds. The zero-order chi connectivity index (χ0) is 12.4. The highest BCUT2D eigenvalue weighted by Gasteiger charge is 2.07. The van der Waals surface area contributed by atoms with Crippen LogP contribution < -0.4 is 5.73 Å². The Labute approximate surface area is 88.3 Å². The van der Waals surface area contributed by atoms with E-state index in [0.29, 0.717) is 12.2 Å². The first-order valence-corrected chi connectivity index (χ1v) is 4.28. The van der Waals surface area contributed by atoms with Crippen molar-refractivity contribution >= 4 is 11.9 Å². The predicted octanol–water partition coefficient (Wildman–Crippen LogP) is -0.484. The van der Waals surface area contributed by atoms with Gasteiger partial charge in [-0.25, -0.2) is 4.79 Å². The summed E-state index contributed by atoms with van der Waals surface area (Å²) < 4.78 is 4.56. The van der Waals surface area contributed by atoms with E-state index < -0.39 is 18.6 Å². The summed E-state index contributed by atoms with van der Waals surface area (Å²) in [4.78, 5) is 20.1. The molecular weight excluding hydrogens is 202 g/mol. The standard InChI is InChI=1S/C6H10O2.C3H7NO3/c1-4-8-6(7)5(2)3;4-2(1-5)3(6)7/h2,4H2,1,3H3;2,5H,1,4H2,(H,6,7). The fraction of sp³-hybridized carbons (Fsp3) is 0.556. The van der Waals surface area contributed by atoms with Gasteiger partial charge in [-0.15, -0.1) is 0 Å². The second-order valence-electron chi connectivity index (χ2n) is 2.63. The number of hydrogen-bond acceptors (Lipinski definition) is 5. The van der Waals surface area contributed by atoms with E-state index in [9.17, 15) is 9.59 Å².